The van der Waals surface area contributed by atoms with Crippen molar-refractivity contribution < 1.29 is 9.47 Å². The zero-order chi connectivity index (χ0) is 19.9. The van der Waals surface area contributed by atoms with Crippen LogP contribution in [0.4, 0.5) is 0 Å². The second kappa shape index (κ2) is 9.45. The van der Waals surface area contributed by atoms with Crippen molar-refractivity contribution in [3.05, 3.63) is 72.8 Å². The highest BCUT2D eigenvalue weighted by molar-refractivity contribution is 5.71. The molecule has 3 aromatic rings. The Morgan fingerprint density at radius 3 is 1.00 bits per heavy atom. The number of ether oxygens (including phenoxy) is 2. The first-order valence-electron chi connectivity index (χ1n) is 10.2. The summed E-state index contributed by atoms with van der Waals surface area (Å²) in [5, 5.41) is 0. The molecule has 0 amide bonds. The largest absolute Gasteiger partial charge is 0.491 e. The molecule has 0 heterocycles. The first kappa shape index (κ1) is 20.0. The summed E-state index contributed by atoms with van der Waals surface area (Å²) in [4.78, 5) is 0. The monoisotopic (exact) mass is 374 g/mol. The SMILES string of the molecule is CCC(C)Oc1ccc(-c2ccc(-c3ccc(OC(C)CC)cc3)cc2)cc1. The molecule has 2 unspecified atom stereocenters. The van der Waals surface area contributed by atoms with Gasteiger partial charge in [0.2, 0.25) is 0 Å². The summed E-state index contributed by atoms with van der Waals surface area (Å²) < 4.78 is 11.7. The van der Waals surface area contributed by atoms with Crippen molar-refractivity contribution in [2.75, 3.05) is 0 Å². The van der Waals surface area contributed by atoms with E-state index in [0.717, 1.165) is 24.3 Å². The molecule has 0 aromatic heterocycles. The van der Waals surface area contributed by atoms with E-state index in [0.29, 0.717) is 0 Å². The van der Waals surface area contributed by atoms with Gasteiger partial charge in [-0.2, -0.15) is 0 Å². The van der Waals surface area contributed by atoms with Gasteiger partial charge in [-0.3, -0.25) is 0 Å². The Hall–Kier alpha value is -2.74. The van der Waals surface area contributed by atoms with Crippen LogP contribution in [0.5, 0.6) is 11.5 Å². The summed E-state index contributed by atoms with van der Waals surface area (Å²) in [6, 6.07) is 25.3. The van der Waals surface area contributed by atoms with E-state index in [1.807, 2.05) is 24.3 Å². The van der Waals surface area contributed by atoms with Crippen molar-refractivity contribution in [1.29, 1.82) is 0 Å². The van der Waals surface area contributed by atoms with Crippen molar-refractivity contribution in [3.8, 4) is 33.8 Å². The molecule has 28 heavy (non-hydrogen) atoms. The van der Waals surface area contributed by atoms with Crippen LogP contribution >= 0.6 is 0 Å². The molecular formula is C26H30O2. The number of rotatable bonds is 8. The zero-order valence-corrected chi connectivity index (χ0v) is 17.3. The molecule has 2 nitrogen and oxygen atoms in total. The second-order valence-corrected chi connectivity index (χ2v) is 7.30. The van der Waals surface area contributed by atoms with Gasteiger partial charge in [-0.1, -0.05) is 62.4 Å². The van der Waals surface area contributed by atoms with Crippen LogP contribution in [-0.4, -0.2) is 12.2 Å². The van der Waals surface area contributed by atoms with Gasteiger partial charge in [0.25, 0.3) is 0 Å². The third kappa shape index (κ3) is 5.16. The first-order valence-corrected chi connectivity index (χ1v) is 10.2. The van der Waals surface area contributed by atoms with Crippen molar-refractivity contribution in [2.24, 2.45) is 0 Å². The zero-order valence-electron chi connectivity index (χ0n) is 17.3. The second-order valence-electron chi connectivity index (χ2n) is 7.30. The van der Waals surface area contributed by atoms with Crippen LogP contribution in [0.1, 0.15) is 40.5 Å². The Morgan fingerprint density at radius 2 is 0.750 bits per heavy atom. The fraction of sp³-hybridized carbons (Fsp3) is 0.308. The average Bonchev–Trinajstić information content (AvgIpc) is 2.75. The van der Waals surface area contributed by atoms with Crippen LogP contribution < -0.4 is 9.47 Å². The lowest BCUT2D eigenvalue weighted by atomic mass is 10.0. The van der Waals surface area contributed by atoms with Crippen molar-refractivity contribution in [1.82, 2.24) is 0 Å². The van der Waals surface area contributed by atoms with Crippen LogP contribution in [0, 0.1) is 0 Å². The van der Waals surface area contributed by atoms with Gasteiger partial charge < -0.3 is 9.47 Å². The average molecular weight is 375 g/mol. The van der Waals surface area contributed by atoms with Gasteiger partial charge in [-0.05, 0) is 73.2 Å². The molecule has 0 saturated carbocycles. The summed E-state index contributed by atoms with van der Waals surface area (Å²) in [5.41, 5.74) is 4.80. The molecule has 3 aromatic carbocycles. The van der Waals surface area contributed by atoms with Gasteiger partial charge in [0.15, 0.2) is 0 Å². The van der Waals surface area contributed by atoms with Gasteiger partial charge in [0.1, 0.15) is 11.5 Å². The summed E-state index contributed by atoms with van der Waals surface area (Å²) in [6.45, 7) is 8.45. The fourth-order valence-electron chi connectivity index (χ4n) is 2.94. The Balaban J connectivity index is 1.69. The minimum absolute atomic E-state index is 0.243. The number of hydrogen-bond donors (Lipinski definition) is 0. The van der Waals surface area contributed by atoms with Gasteiger partial charge in [0.05, 0.1) is 12.2 Å². The number of benzene rings is 3. The minimum atomic E-state index is 0.243. The lowest BCUT2D eigenvalue weighted by Gasteiger charge is -2.13. The van der Waals surface area contributed by atoms with Gasteiger partial charge in [0, 0.05) is 0 Å². The Bertz CT molecular complexity index is 774. The Labute approximate surface area is 169 Å². The third-order valence-electron chi connectivity index (χ3n) is 5.08. The quantitative estimate of drug-likeness (QED) is 0.409. The van der Waals surface area contributed by atoms with Gasteiger partial charge in [-0.15, -0.1) is 0 Å². The third-order valence-corrected chi connectivity index (χ3v) is 5.08. The van der Waals surface area contributed by atoms with E-state index >= 15 is 0 Å². The normalized spacial score (nSPS) is 13.0. The lowest BCUT2D eigenvalue weighted by molar-refractivity contribution is 0.217. The first-order chi connectivity index (χ1) is 13.6. The Morgan fingerprint density at radius 1 is 0.500 bits per heavy atom. The predicted molar refractivity (Wildman–Crippen MR) is 118 cm³/mol. The highest BCUT2D eigenvalue weighted by Crippen LogP contribution is 2.28. The van der Waals surface area contributed by atoms with E-state index in [2.05, 4.69) is 76.2 Å². The molecule has 2 atom stereocenters. The van der Waals surface area contributed by atoms with Crippen LogP contribution in [-0.2, 0) is 0 Å². The van der Waals surface area contributed by atoms with E-state index in [-0.39, 0.29) is 12.2 Å². The topological polar surface area (TPSA) is 18.5 Å². The van der Waals surface area contributed by atoms with Gasteiger partial charge >= 0.3 is 0 Å². The Kier molecular flexibility index (Phi) is 6.76. The molecule has 0 fully saturated rings. The van der Waals surface area contributed by atoms with E-state index in [1.54, 1.807) is 0 Å². The smallest absolute Gasteiger partial charge is 0.119 e. The summed E-state index contributed by atoms with van der Waals surface area (Å²) >= 11 is 0. The molecule has 0 aliphatic carbocycles. The fourth-order valence-corrected chi connectivity index (χ4v) is 2.94. The van der Waals surface area contributed by atoms with Crippen molar-refractivity contribution in [3.63, 3.8) is 0 Å². The van der Waals surface area contributed by atoms with Crippen LogP contribution in [0.3, 0.4) is 0 Å². The molecule has 146 valence electrons. The molecule has 0 aliphatic rings. The maximum atomic E-state index is 5.86. The van der Waals surface area contributed by atoms with Crippen LogP contribution in [0.25, 0.3) is 22.3 Å². The molecular weight excluding hydrogens is 344 g/mol. The molecule has 0 bridgehead atoms. The maximum Gasteiger partial charge on any atom is 0.119 e. The maximum absolute atomic E-state index is 5.86. The van der Waals surface area contributed by atoms with Crippen LogP contribution in [0.15, 0.2) is 72.8 Å². The highest BCUT2D eigenvalue weighted by atomic mass is 16.5. The summed E-state index contributed by atoms with van der Waals surface area (Å²) in [5.74, 6) is 1.85. The van der Waals surface area contributed by atoms with E-state index in [9.17, 15) is 0 Å². The van der Waals surface area contributed by atoms with E-state index in [4.69, 9.17) is 9.47 Å². The molecule has 3 rings (SSSR count). The van der Waals surface area contributed by atoms with Crippen molar-refractivity contribution >= 4 is 0 Å². The predicted octanol–water partition coefficient (Wildman–Crippen LogP) is 7.38. The lowest BCUT2D eigenvalue weighted by Crippen LogP contribution is -2.09. The van der Waals surface area contributed by atoms with E-state index in [1.165, 1.54) is 22.3 Å². The van der Waals surface area contributed by atoms with E-state index < -0.39 is 0 Å². The molecule has 0 N–H and O–H groups in total. The molecule has 0 spiro atoms. The van der Waals surface area contributed by atoms with Crippen molar-refractivity contribution in [2.45, 2.75) is 52.7 Å². The molecule has 0 radical (unpaired) electrons. The molecule has 0 aliphatic heterocycles. The summed E-state index contributed by atoms with van der Waals surface area (Å²) in [7, 11) is 0. The molecule has 0 saturated heterocycles. The van der Waals surface area contributed by atoms with Crippen LogP contribution in [0.2, 0.25) is 0 Å². The number of hydrogen-bond acceptors (Lipinski definition) is 2. The standard InChI is InChI=1S/C26H30O2/c1-5-19(3)27-25-15-11-23(12-16-25)21-7-9-22(10-8-21)24-13-17-26(18-14-24)28-20(4)6-2/h7-20H,5-6H2,1-4H3. The van der Waals surface area contributed by atoms with Gasteiger partial charge in [-0.25, -0.2) is 0 Å². The molecule has 2 heteroatoms. The summed E-state index contributed by atoms with van der Waals surface area (Å²) in [6.07, 6.45) is 2.50. The minimum Gasteiger partial charge on any atom is -0.491 e. The highest BCUT2D eigenvalue weighted by Gasteiger charge is 2.05.